The van der Waals surface area contributed by atoms with Crippen LogP contribution in [-0.2, 0) is 0 Å². The van der Waals surface area contributed by atoms with Gasteiger partial charge in [-0.25, -0.2) is 9.67 Å². The van der Waals surface area contributed by atoms with Crippen LogP contribution in [0.1, 0.15) is 10.5 Å². The number of carbonyl (C=O) groups is 1. The number of aromatic nitrogens is 3. The molecule has 0 fully saturated rings. The van der Waals surface area contributed by atoms with Gasteiger partial charge in [0.15, 0.2) is 5.65 Å². The zero-order valence-corrected chi connectivity index (χ0v) is 14.2. The quantitative estimate of drug-likeness (QED) is 0.606. The summed E-state index contributed by atoms with van der Waals surface area (Å²) in [6.07, 6.45) is 1.42. The summed E-state index contributed by atoms with van der Waals surface area (Å²) >= 11 is 5.96. The summed E-state index contributed by atoms with van der Waals surface area (Å²) in [4.78, 5) is 29.4. The largest absolute Gasteiger partial charge is 0.321 e. The highest BCUT2D eigenvalue weighted by Gasteiger charge is 2.19. The van der Waals surface area contributed by atoms with Crippen LogP contribution in [0.15, 0.2) is 77.7 Å². The lowest BCUT2D eigenvalue weighted by molar-refractivity contribution is 0.101. The SMILES string of the molecule is O=C(Nc1ccccc1)c1cc2nccc(=O)n2n1-c1ccc(Cl)cc1. The Bertz CT molecular complexity index is 1150. The number of halogens is 1. The Morgan fingerprint density at radius 3 is 2.46 bits per heavy atom. The van der Waals surface area contributed by atoms with E-state index in [0.717, 1.165) is 0 Å². The van der Waals surface area contributed by atoms with Crippen molar-refractivity contribution in [1.82, 2.24) is 14.2 Å². The molecule has 0 spiro atoms. The van der Waals surface area contributed by atoms with Crippen LogP contribution in [0.4, 0.5) is 5.69 Å². The number of fused-ring (bicyclic) bond motifs is 1. The van der Waals surface area contributed by atoms with E-state index < -0.39 is 0 Å². The standard InChI is InChI=1S/C19H13ClN4O2/c20-13-6-8-15(9-7-13)23-16(12-17-21-11-10-18(25)24(17)23)19(26)22-14-4-2-1-3-5-14/h1-12H,(H,22,26). The summed E-state index contributed by atoms with van der Waals surface area (Å²) in [6.45, 7) is 0. The Hall–Kier alpha value is -3.38. The van der Waals surface area contributed by atoms with Gasteiger partial charge in [0.25, 0.3) is 11.5 Å². The number of benzene rings is 2. The van der Waals surface area contributed by atoms with Crippen LogP contribution < -0.4 is 10.9 Å². The molecule has 0 atom stereocenters. The third-order valence-electron chi connectivity index (χ3n) is 3.88. The lowest BCUT2D eigenvalue weighted by Crippen LogP contribution is -2.23. The minimum atomic E-state index is -0.351. The normalized spacial score (nSPS) is 10.8. The minimum absolute atomic E-state index is 0.284. The van der Waals surface area contributed by atoms with Crippen molar-refractivity contribution in [3.8, 4) is 5.69 Å². The molecule has 0 saturated heterocycles. The number of amides is 1. The number of carbonyl (C=O) groups excluding carboxylic acids is 1. The van der Waals surface area contributed by atoms with Gasteiger partial charge < -0.3 is 5.32 Å². The predicted molar refractivity (Wildman–Crippen MR) is 100 cm³/mol. The Kier molecular flexibility index (Phi) is 4.02. The maximum Gasteiger partial charge on any atom is 0.274 e. The Morgan fingerprint density at radius 1 is 1.00 bits per heavy atom. The molecule has 0 radical (unpaired) electrons. The fraction of sp³-hybridized carbons (Fsp3) is 0. The van der Waals surface area contributed by atoms with Crippen molar-refractivity contribution in [2.75, 3.05) is 5.32 Å². The van der Waals surface area contributed by atoms with Gasteiger partial charge >= 0.3 is 0 Å². The van der Waals surface area contributed by atoms with E-state index in [2.05, 4.69) is 10.3 Å². The van der Waals surface area contributed by atoms with Gasteiger partial charge in [-0.05, 0) is 36.4 Å². The van der Waals surface area contributed by atoms with E-state index in [0.29, 0.717) is 22.0 Å². The summed E-state index contributed by atoms with van der Waals surface area (Å²) in [5, 5.41) is 3.39. The van der Waals surface area contributed by atoms with Crippen molar-refractivity contribution in [3.63, 3.8) is 0 Å². The summed E-state index contributed by atoms with van der Waals surface area (Å²) in [6, 6.07) is 18.9. The molecule has 1 amide bonds. The molecule has 0 aliphatic carbocycles. The molecule has 2 aromatic heterocycles. The fourth-order valence-corrected chi connectivity index (χ4v) is 2.85. The second-order valence-electron chi connectivity index (χ2n) is 5.59. The van der Waals surface area contributed by atoms with Gasteiger partial charge in [-0.2, -0.15) is 4.52 Å². The lowest BCUT2D eigenvalue weighted by atomic mass is 10.3. The number of hydrogen-bond donors (Lipinski definition) is 1. The molecule has 0 bridgehead atoms. The highest BCUT2D eigenvalue weighted by Crippen LogP contribution is 2.18. The molecule has 2 heterocycles. The number of anilines is 1. The van der Waals surface area contributed by atoms with Crippen LogP contribution in [-0.4, -0.2) is 20.1 Å². The minimum Gasteiger partial charge on any atom is -0.321 e. The molecular formula is C19H13ClN4O2. The van der Waals surface area contributed by atoms with E-state index in [1.807, 2.05) is 18.2 Å². The van der Waals surface area contributed by atoms with Crippen LogP contribution >= 0.6 is 11.6 Å². The topological polar surface area (TPSA) is 68.4 Å². The summed E-state index contributed by atoms with van der Waals surface area (Å²) in [7, 11) is 0. The number of para-hydroxylation sites is 1. The highest BCUT2D eigenvalue weighted by molar-refractivity contribution is 6.30. The first kappa shape index (κ1) is 16.1. The van der Waals surface area contributed by atoms with Crippen LogP contribution in [0, 0.1) is 0 Å². The third kappa shape index (κ3) is 2.87. The molecule has 2 aromatic carbocycles. The van der Waals surface area contributed by atoms with Crippen molar-refractivity contribution >= 4 is 28.8 Å². The summed E-state index contributed by atoms with van der Waals surface area (Å²) in [5.74, 6) is -0.351. The molecule has 6 nitrogen and oxygen atoms in total. The van der Waals surface area contributed by atoms with Gasteiger partial charge in [-0.3, -0.25) is 9.59 Å². The fourth-order valence-electron chi connectivity index (χ4n) is 2.72. The molecule has 128 valence electrons. The smallest absolute Gasteiger partial charge is 0.274 e. The Morgan fingerprint density at radius 2 is 1.73 bits per heavy atom. The molecule has 7 heteroatoms. The van der Waals surface area contributed by atoms with Crippen molar-refractivity contribution in [3.05, 3.63) is 94.0 Å². The monoisotopic (exact) mass is 364 g/mol. The zero-order valence-electron chi connectivity index (χ0n) is 13.5. The van der Waals surface area contributed by atoms with E-state index in [4.69, 9.17) is 11.6 Å². The molecule has 1 N–H and O–H groups in total. The highest BCUT2D eigenvalue weighted by atomic mass is 35.5. The second-order valence-corrected chi connectivity index (χ2v) is 6.03. The average Bonchev–Trinajstić information content (AvgIpc) is 3.04. The van der Waals surface area contributed by atoms with Gasteiger partial charge in [-0.1, -0.05) is 29.8 Å². The van der Waals surface area contributed by atoms with E-state index >= 15 is 0 Å². The van der Waals surface area contributed by atoms with Crippen molar-refractivity contribution in [2.24, 2.45) is 0 Å². The predicted octanol–water partition coefficient (Wildman–Crippen LogP) is 3.39. The van der Waals surface area contributed by atoms with Crippen LogP contribution in [0.2, 0.25) is 5.02 Å². The number of rotatable bonds is 3. The van der Waals surface area contributed by atoms with E-state index in [9.17, 15) is 9.59 Å². The summed E-state index contributed by atoms with van der Waals surface area (Å²) in [5.41, 5.74) is 1.66. The van der Waals surface area contributed by atoms with Gasteiger partial charge in [0, 0.05) is 29.0 Å². The van der Waals surface area contributed by atoms with Crippen LogP contribution in [0.25, 0.3) is 11.3 Å². The number of nitrogens with zero attached hydrogens (tertiary/aromatic N) is 3. The zero-order chi connectivity index (χ0) is 18.1. The molecule has 0 aliphatic rings. The van der Waals surface area contributed by atoms with Crippen LogP contribution in [0.3, 0.4) is 0 Å². The summed E-state index contributed by atoms with van der Waals surface area (Å²) < 4.78 is 2.88. The third-order valence-corrected chi connectivity index (χ3v) is 4.13. The van der Waals surface area contributed by atoms with Gasteiger partial charge in [-0.15, -0.1) is 0 Å². The maximum absolute atomic E-state index is 12.9. The molecule has 0 unspecified atom stereocenters. The van der Waals surface area contributed by atoms with Crippen LogP contribution in [0.5, 0.6) is 0 Å². The lowest BCUT2D eigenvalue weighted by Gasteiger charge is -2.11. The first-order valence-corrected chi connectivity index (χ1v) is 8.23. The maximum atomic E-state index is 12.9. The van der Waals surface area contributed by atoms with Gasteiger partial charge in [0.05, 0.1) is 5.69 Å². The van der Waals surface area contributed by atoms with Gasteiger partial charge in [0.2, 0.25) is 0 Å². The average molecular weight is 365 g/mol. The Balaban J connectivity index is 1.90. The van der Waals surface area contributed by atoms with Crippen molar-refractivity contribution in [2.45, 2.75) is 0 Å². The first-order chi connectivity index (χ1) is 12.6. The molecule has 4 aromatic rings. The van der Waals surface area contributed by atoms with E-state index in [1.54, 1.807) is 42.5 Å². The Labute approximate surface area is 153 Å². The van der Waals surface area contributed by atoms with Crippen molar-refractivity contribution in [1.29, 1.82) is 0 Å². The molecule has 26 heavy (non-hydrogen) atoms. The number of nitrogens with one attached hydrogen (secondary N) is 1. The molecular weight excluding hydrogens is 352 g/mol. The van der Waals surface area contributed by atoms with Gasteiger partial charge in [0.1, 0.15) is 5.69 Å². The second kappa shape index (κ2) is 6.50. The van der Waals surface area contributed by atoms with Crippen molar-refractivity contribution < 1.29 is 4.79 Å². The molecule has 0 saturated carbocycles. The number of hydrogen-bond acceptors (Lipinski definition) is 3. The van der Waals surface area contributed by atoms with E-state index in [-0.39, 0.29) is 17.2 Å². The first-order valence-electron chi connectivity index (χ1n) is 7.85. The molecule has 0 aliphatic heterocycles. The molecule has 4 rings (SSSR count). The van der Waals surface area contributed by atoms with E-state index in [1.165, 1.54) is 21.5 Å².